The summed E-state index contributed by atoms with van der Waals surface area (Å²) in [5.74, 6) is 0.0783. The topological polar surface area (TPSA) is 99.2 Å². The average molecular weight is 291 g/mol. The largest absolute Gasteiger partial charge is 0.409 e. The average Bonchev–Trinajstić information content (AvgIpc) is 2.54. The second-order valence-electron chi connectivity index (χ2n) is 5.28. The summed E-state index contributed by atoms with van der Waals surface area (Å²) < 4.78 is 0. The van der Waals surface area contributed by atoms with E-state index in [4.69, 9.17) is 10.9 Å². The number of rotatable bonds is 4. The number of benzene rings is 1. The number of likely N-dealkylation sites (tertiary alicyclic amines) is 1. The number of nitrogens with two attached hydrogens (primary N) is 1. The standard InChI is InChI=1S/C15H21N3O3/c16-15(17-21)12-6-4-11(5-7-12)9-14(20)18-8-2-1-3-13(18)10-19/h4-7,13,19,21H,1-3,8-10H2,(H2,16,17). The van der Waals surface area contributed by atoms with Crippen LogP contribution in [0.1, 0.15) is 30.4 Å². The van der Waals surface area contributed by atoms with Gasteiger partial charge in [0.05, 0.1) is 19.1 Å². The number of nitrogens with zero attached hydrogens (tertiary/aromatic N) is 2. The Labute approximate surface area is 123 Å². The van der Waals surface area contributed by atoms with Crippen LogP contribution in [0, 0.1) is 0 Å². The van der Waals surface area contributed by atoms with Crippen LogP contribution in [0.5, 0.6) is 0 Å². The van der Waals surface area contributed by atoms with Gasteiger partial charge in [-0.25, -0.2) is 0 Å². The van der Waals surface area contributed by atoms with Gasteiger partial charge in [0.15, 0.2) is 5.84 Å². The molecule has 1 aromatic rings. The molecule has 114 valence electrons. The van der Waals surface area contributed by atoms with Gasteiger partial charge in [0.1, 0.15) is 0 Å². The fourth-order valence-corrected chi connectivity index (χ4v) is 2.65. The summed E-state index contributed by atoms with van der Waals surface area (Å²) in [7, 11) is 0. The van der Waals surface area contributed by atoms with Gasteiger partial charge in [0.25, 0.3) is 0 Å². The van der Waals surface area contributed by atoms with Gasteiger partial charge in [0.2, 0.25) is 5.91 Å². The number of hydrogen-bond donors (Lipinski definition) is 3. The Morgan fingerprint density at radius 3 is 2.67 bits per heavy atom. The van der Waals surface area contributed by atoms with Crippen molar-refractivity contribution in [1.82, 2.24) is 4.90 Å². The van der Waals surface area contributed by atoms with Gasteiger partial charge in [-0.2, -0.15) is 0 Å². The highest BCUT2D eigenvalue weighted by Gasteiger charge is 2.25. The SMILES string of the molecule is NC(=NO)c1ccc(CC(=O)N2CCCCC2CO)cc1. The zero-order chi connectivity index (χ0) is 15.2. The van der Waals surface area contributed by atoms with Crippen molar-refractivity contribution in [2.24, 2.45) is 10.9 Å². The summed E-state index contributed by atoms with van der Waals surface area (Å²) in [6, 6.07) is 6.98. The maximum Gasteiger partial charge on any atom is 0.227 e. The molecule has 1 fully saturated rings. The summed E-state index contributed by atoms with van der Waals surface area (Å²) in [5.41, 5.74) is 6.98. The molecule has 6 nitrogen and oxygen atoms in total. The lowest BCUT2D eigenvalue weighted by molar-refractivity contribution is -0.135. The molecule has 0 radical (unpaired) electrons. The molecule has 0 bridgehead atoms. The van der Waals surface area contributed by atoms with E-state index in [1.54, 1.807) is 29.2 Å². The molecule has 0 spiro atoms. The molecule has 0 aliphatic carbocycles. The molecule has 21 heavy (non-hydrogen) atoms. The van der Waals surface area contributed by atoms with Crippen molar-refractivity contribution in [3.8, 4) is 0 Å². The third kappa shape index (κ3) is 3.72. The number of carbonyl (C=O) groups is 1. The van der Waals surface area contributed by atoms with Crippen LogP contribution >= 0.6 is 0 Å². The quantitative estimate of drug-likeness (QED) is 0.329. The summed E-state index contributed by atoms with van der Waals surface area (Å²) in [6.45, 7) is 0.737. The first-order valence-electron chi connectivity index (χ1n) is 7.13. The highest BCUT2D eigenvalue weighted by Crippen LogP contribution is 2.18. The lowest BCUT2D eigenvalue weighted by Crippen LogP contribution is -2.46. The van der Waals surface area contributed by atoms with Crippen LogP contribution in [0.2, 0.25) is 0 Å². The summed E-state index contributed by atoms with van der Waals surface area (Å²) in [6.07, 6.45) is 3.21. The monoisotopic (exact) mass is 291 g/mol. The van der Waals surface area contributed by atoms with E-state index in [-0.39, 0.29) is 24.4 Å². The molecule has 0 saturated carbocycles. The number of aliphatic hydroxyl groups excluding tert-OH is 1. The molecular formula is C15H21N3O3. The predicted octanol–water partition coefficient (Wildman–Crippen LogP) is 0.697. The molecular weight excluding hydrogens is 270 g/mol. The molecule has 1 heterocycles. The van der Waals surface area contributed by atoms with E-state index in [9.17, 15) is 9.90 Å². The van der Waals surface area contributed by atoms with Gasteiger partial charge in [0, 0.05) is 12.1 Å². The molecule has 2 rings (SSSR count). The Morgan fingerprint density at radius 1 is 1.33 bits per heavy atom. The Bertz CT molecular complexity index is 513. The van der Waals surface area contributed by atoms with Crippen molar-refractivity contribution in [2.45, 2.75) is 31.7 Å². The minimum absolute atomic E-state index is 0.0220. The van der Waals surface area contributed by atoms with Crippen LogP contribution in [-0.4, -0.2) is 46.1 Å². The van der Waals surface area contributed by atoms with E-state index in [0.29, 0.717) is 18.5 Å². The molecule has 1 aliphatic heterocycles. The molecule has 1 aromatic carbocycles. The first-order chi connectivity index (χ1) is 10.2. The van der Waals surface area contributed by atoms with E-state index in [1.165, 1.54) is 0 Å². The molecule has 4 N–H and O–H groups in total. The van der Waals surface area contributed by atoms with E-state index < -0.39 is 0 Å². The maximum atomic E-state index is 12.3. The van der Waals surface area contributed by atoms with E-state index >= 15 is 0 Å². The highest BCUT2D eigenvalue weighted by molar-refractivity contribution is 5.97. The first kappa shape index (κ1) is 15.3. The van der Waals surface area contributed by atoms with Crippen LogP contribution in [0.3, 0.4) is 0 Å². The third-order valence-corrected chi connectivity index (χ3v) is 3.87. The number of amides is 1. The van der Waals surface area contributed by atoms with Gasteiger partial charge in [-0.05, 0) is 24.8 Å². The van der Waals surface area contributed by atoms with Crippen molar-refractivity contribution in [1.29, 1.82) is 0 Å². The Kier molecular flexibility index (Phi) is 5.16. The second kappa shape index (κ2) is 7.08. The maximum absolute atomic E-state index is 12.3. The second-order valence-corrected chi connectivity index (χ2v) is 5.28. The van der Waals surface area contributed by atoms with Crippen molar-refractivity contribution in [2.75, 3.05) is 13.2 Å². The molecule has 1 aliphatic rings. The summed E-state index contributed by atoms with van der Waals surface area (Å²) >= 11 is 0. The summed E-state index contributed by atoms with van der Waals surface area (Å²) in [5, 5.41) is 20.9. The molecule has 0 aromatic heterocycles. The van der Waals surface area contributed by atoms with E-state index in [0.717, 1.165) is 24.8 Å². The molecule has 6 heteroatoms. The number of oxime groups is 1. The molecule has 1 atom stereocenters. The zero-order valence-corrected chi connectivity index (χ0v) is 11.9. The molecule has 1 unspecified atom stereocenters. The lowest BCUT2D eigenvalue weighted by Gasteiger charge is -2.34. The van der Waals surface area contributed by atoms with Crippen molar-refractivity contribution in [3.63, 3.8) is 0 Å². The van der Waals surface area contributed by atoms with Crippen LogP contribution in [0.4, 0.5) is 0 Å². The van der Waals surface area contributed by atoms with Crippen LogP contribution in [-0.2, 0) is 11.2 Å². The molecule has 1 saturated heterocycles. The summed E-state index contributed by atoms with van der Waals surface area (Å²) in [4.78, 5) is 14.1. The fraction of sp³-hybridized carbons (Fsp3) is 0.467. The number of amidine groups is 1. The van der Waals surface area contributed by atoms with Crippen molar-refractivity contribution >= 4 is 11.7 Å². The van der Waals surface area contributed by atoms with Crippen LogP contribution in [0.15, 0.2) is 29.4 Å². The minimum Gasteiger partial charge on any atom is -0.409 e. The van der Waals surface area contributed by atoms with Crippen LogP contribution < -0.4 is 5.73 Å². The number of aliphatic hydroxyl groups is 1. The van der Waals surface area contributed by atoms with Crippen LogP contribution in [0.25, 0.3) is 0 Å². The lowest BCUT2D eigenvalue weighted by atomic mass is 10.0. The Balaban J connectivity index is 2.02. The number of hydrogen-bond acceptors (Lipinski definition) is 4. The normalized spacial score (nSPS) is 19.6. The third-order valence-electron chi connectivity index (χ3n) is 3.87. The Morgan fingerprint density at radius 2 is 2.05 bits per heavy atom. The van der Waals surface area contributed by atoms with E-state index in [1.807, 2.05) is 0 Å². The smallest absolute Gasteiger partial charge is 0.227 e. The van der Waals surface area contributed by atoms with E-state index in [2.05, 4.69) is 5.16 Å². The number of carbonyl (C=O) groups excluding carboxylic acids is 1. The predicted molar refractivity (Wildman–Crippen MR) is 79.1 cm³/mol. The first-order valence-corrected chi connectivity index (χ1v) is 7.13. The van der Waals surface area contributed by atoms with Gasteiger partial charge in [-0.15, -0.1) is 0 Å². The Hall–Kier alpha value is -2.08. The number of piperidine rings is 1. The van der Waals surface area contributed by atoms with Crippen molar-refractivity contribution < 1.29 is 15.1 Å². The van der Waals surface area contributed by atoms with Gasteiger partial charge >= 0.3 is 0 Å². The molecule has 1 amide bonds. The van der Waals surface area contributed by atoms with Gasteiger partial charge in [-0.3, -0.25) is 4.79 Å². The fourth-order valence-electron chi connectivity index (χ4n) is 2.65. The van der Waals surface area contributed by atoms with Gasteiger partial charge < -0.3 is 20.9 Å². The van der Waals surface area contributed by atoms with Gasteiger partial charge in [-0.1, -0.05) is 29.4 Å². The van der Waals surface area contributed by atoms with Crippen molar-refractivity contribution in [3.05, 3.63) is 35.4 Å². The highest BCUT2D eigenvalue weighted by atomic mass is 16.4. The zero-order valence-electron chi connectivity index (χ0n) is 11.9. The minimum atomic E-state index is -0.0531.